The molecule has 0 aliphatic rings. The largest absolute Gasteiger partial charge is 0.340 e. The first-order chi connectivity index (χ1) is 13.4. The van der Waals surface area contributed by atoms with Crippen LogP contribution in [0.1, 0.15) is 28.2 Å². The lowest BCUT2D eigenvalue weighted by molar-refractivity contribution is -0.130. The molecule has 0 aliphatic heterocycles. The van der Waals surface area contributed by atoms with Gasteiger partial charge >= 0.3 is 0 Å². The number of carbonyl (C=O) groups is 3. The van der Waals surface area contributed by atoms with Gasteiger partial charge in [-0.05, 0) is 50.5 Å². The van der Waals surface area contributed by atoms with E-state index in [1.54, 1.807) is 40.7 Å². The summed E-state index contributed by atoms with van der Waals surface area (Å²) >= 11 is 1.57. The van der Waals surface area contributed by atoms with Gasteiger partial charge in [0.1, 0.15) is 12.6 Å². The minimum atomic E-state index is -0.755. The van der Waals surface area contributed by atoms with Gasteiger partial charge in [-0.15, -0.1) is 0 Å². The molecule has 0 saturated carbocycles. The molecule has 9 heteroatoms. The predicted octanol–water partition coefficient (Wildman–Crippen LogP) is 1.20. The summed E-state index contributed by atoms with van der Waals surface area (Å²) in [6.45, 7) is 3.68. The Morgan fingerprint density at radius 1 is 1.14 bits per heavy atom. The molecule has 150 valence electrons. The first-order valence-corrected chi connectivity index (χ1v) is 10.2. The molecule has 8 nitrogen and oxygen atoms in total. The van der Waals surface area contributed by atoms with Crippen LogP contribution in [0.3, 0.4) is 0 Å². The van der Waals surface area contributed by atoms with E-state index in [9.17, 15) is 14.4 Å². The lowest BCUT2D eigenvalue weighted by Crippen LogP contribution is -2.53. The molecule has 1 aromatic heterocycles. The molecule has 1 atom stereocenters. The second kappa shape index (κ2) is 10.5. The number of nitrogens with zero attached hydrogens (tertiary/aromatic N) is 2. The fourth-order valence-corrected chi connectivity index (χ4v) is 3.04. The summed E-state index contributed by atoms with van der Waals surface area (Å²) in [7, 11) is 0. The van der Waals surface area contributed by atoms with Crippen molar-refractivity contribution in [1.29, 1.82) is 0 Å². The number of aromatic nitrogens is 2. The van der Waals surface area contributed by atoms with Gasteiger partial charge in [0, 0.05) is 11.3 Å². The summed E-state index contributed by atoms with van der Waals surface area (Å²) in [6.07, 6.45) is 2.36. The molecule has 2 rings (SSSR count). The van der Waals surface area contributed by atoms with E-state index in [1.807, 2.05) is 32.2 Å². The van der Waals surface area contributed by atoms with E-state index in [1.165, 1.54) is 0 Å². The lowest BCUT2D eigenvalue weighted by atomic mass is 10.1. The van der Waals surface area contributed by atoms with Gasteiger partial charge in [0.25, 0.3) is 17.7 Å². The van der Waals surface area contributed by atoms with Crippen LogP contribution in [-0.4, -0.2) is 45.6 Å². The number of benzene rings is 1. The molecule has 0 radical (unpaired) electrons. The van der Waals surface area contributed by atoms with E-state index < -0.39 is 17.9 Å². The number of amides is 3. The smallest absolute Gasteiger partial charge is 0.260 e. The summed E-state index contributed by atoms with van der Waals surface area (Å²) in [5.74, 6) is -0.527. The Bertz CT molecular complexity index is 822. The third kappa shape index (κ3) is 6.41. The number of hydrogen-bond donors (Lipinski definition) is 3. The van der Waals surface area contributed by atoms with Crippen LogP contribution in [-0.2, 0) is 16.1 Å². The number of aryl methyl sites for hydroxylation is 2. The minimum Gasteiger partial charge on any atom is -0.340 e. The van der Waals surface area contributed by atoms with Gasteiger partial charge in [-0.3, -0.25) is 29.9 Å². The average Bonchev–Trinajstić information content (AvgIpc) is 3.00. The summed E-state index contributed by atoms with van der Waals surface area (Å²) < 4.78 is 1.55. The number of carbonyl (C=O) groups excluding carboxylic acids is 3. The van der Waals surface area contributed by atoms with Crippen molar-refractivity contribution in [3.05, 3.63) is 53.3 Å². The van der Waals surface area contributed by atoms with E-state index >= 15 is 0 Å². The number of nitrogens with one attached hydrogen (secondary N) is 3. The van der Waals surface area contributed by atoms with Crippen molar-refractivity contribution in [3.63, 3.8) is 0 Å². The first kappa shape index (κ1) is 21.5. The number of hydrogen-bond acceptors (Lipinski definition) is 5. The normalized spacial score (nSPS) is 11.5. The maximum Gasteiger partial charge on any atom is 0.260 e. The molecule has 2 aromatic rings. The number of hydrazine groups is 1. The molecule has 0 unspecified atom stereocenters. The Hall–Kier alpha value is -2.81. The van der Waals surface area contributed by atoms with Crippen LogP contribution < -0.4 is 16.2 Å². The van der Waals surface area contributed by atoms with Crippen molar-refractivity contribution >= 4 is 29.5 Å². The monoisotopic (exact) mass is 403 g/mol. The van der Waals surface area contributed by atoms with Crippen molar-refractivity contribution in [2.24, 2.45) is 0 Å². The fourth-order valence-electron chi connectivity index (χ4n) is 2.56. The van der Waals surface area contributed by atoms with Crippen LogP contribution >= 0.6 is 11.8 Å². The van der Waals surface area contributed by atoms with Crippen LogP contribution in [0.2, 0.25) is 0 Å². The molecule has 0 aliphatic carbocycles. The van der Waals surface area contributed by atoms with Crippen LogP contribution in [0.15, 0.2) is 36.4 Å². The zero-order chi connectivity index (χ0) is 20.5. The maximum atomic E-state index is 12.5. The topological polar surface area (TPSA) is 105 Å². The number of rotatable bonds is 8. The Morgan fingerprint density at radius 3 is 2.46 bits per heavy atom. The molecule has 3 amide bonds. The van der Waals surface area contributed by atoms with E-state index in [-0.39, 0.29) is 12.5 Å². The third-order valence-corrected chi connectivity index (χ3v) is 4.63. The Labute approximate surface area is 168 Å². The van der Waals surface area contributed by atoms with Gasteiger partial charge in [-0.2, -0.15) is 16.9 Å². The highest BCUT2D eigenvalue weighted by molar-refractivity contribution is 7.98. The molecule has 0 fully saturated rings. The summed E-state index contributed by atoms with van der Waals surface area (Å²) in [6, 6.07) is 9.78. The summed E-state index contributed by atoms with van der Waals surface area (Å²) in [5, 5.41) is 6.93. The predicted molar refractivity (Wildman–Crippen MR) is 109 cm³/mol. The maximum absolute atomic E-state index is 12.5. The molecule has 3 N–H and O–H groups in total. The van der Waals surface area contributed by atoms with E-state index in [0.29, 0.717) is 17.7 Å². The zero-order valence-electron chi connectivity index (χ0n) is 16.2. The second-order valence-corrected chi connectivity index (χ2v) is 7.28. The standard InChI is InChI=1S/C19H25N5O3S/c1-13-11-14(2)24(23-13)12-17(25)21-22-19(27)16(9-10-28-3)20-18(26)15-7-5-4-6-8-15/h4-8,11,16H,9-10,12H2,1-3H3,(H,20,26)(H,21,25)(H,22,27)/t16-/m0/s1. The SMILES string of the molecule is CSCC[C@H](NC(=O)c1ccccc1)C(=O)NNC(=O)Cn1nc(C)cc1C. The second-order valence-electron chi connectivity index (χ2n) is 6.30. The molecule has 0 saturated heterocycles. The van der Waals surface area contributed by atoms with Crippen LogP contribution in [0.4, 0.5) is 0 Å². The summed E-state index contributed by atoms with van der Waals surface area (Å²) in [4.78, 5) is 36.9. The Kier molecular flexibility index (Phi) is 8.06. The van der Waals surface area contributed by atoms with Gasteiger partial charge < -0.3 is 5.32 Å². The van der Waals surface area contributed by atoms with Crippen molar-refractivity contribution < 1.29 is 14.4 Å². The highest BCUT2D eigenvalue weighted by atomic mass is 32.2. The Balaban J connectivity index is 1.91. The van der Waals surface area contributed by atoms with Gasteiger partial charge in [-0.1, -0.05) is 18.2 Å². The summed E-state index contributed by atoms with van der Waals surface area (Å²) in [5.41, 5.74) is 6.91. The van der Waals surface area contributed by atoms with Crippen LogP contribution in [0.25, 0.3) is 0 Å². The van der Waals surface area contributed by atoms with Crippen LogP contribution in [0.5, 0.6) is 0 Å². The van der Waals surface area contributed by atoms with Crippen molar-refractivity contribution in [1.82, 2.24) is 25.9 Å². The van der Waals surface area contributed by atoms with Crippen molar-refractivity contribution in [2.45, 2.75) is 32.9 Å². The van der Waals surface area contributed by atoms with E-state index in [4.69, 9.17) is 0 Å². The van der Waals surface area contributed by atoms with E-state index in [0.717, 1.165) is 11.4 Å². The Morgan fingerprint density at radius 2 is 1.86 bits per heavy atom. The van der Waals surface area contributed by atoms with Gasteiger partial charge in [0.15, 0.2) is 0 Å². The average molecular weight is 404 g/mol. The lowest BCUT2D eigenvalue weighted by Gasteiger charge is -2.18. The van der Waals surface area contributed by atoms with Crippen LogP contribution in [0, 0.1) is 13.8 Å². The van der Waals surface area contributed by atoms with E-state index in [2.05, 4.69) is 21.3 Å². The number of thioether (sulfide) groups is 1. The molecule has 1 heterocycles. The molecule has 28 heavy (non-hydrogen) atoms. The molecule has 0 spiro atoms. The molecule has 1 aromatic carbocycles. The molecular formula is C19H25N5O3S. The van der Waals surface area contributed by atoms with Gasteiger partial charge in [0.05, 0.1) is 5.69 Å². The first-order valence-electron chi connectivity index (χ1n) is 8.85. The van der Waals surface area contributed by atoms with Gasteiger partial charge in [-0.25, -0.2) is 0 Å². The third-order valence-electron chi connectivity index (χ3n) is 3.99. The molecule has 0 bridgehead atoms. The van der Waals surface area contributed by atoms with Crippen molar-refractivity contribution in [2.75, 3.05) is 12.0 Å². The minimum absolute atomic E-state index is 0.00813. The van der Waals surface area contributed by atoms with Gasteiger partial charge in [0.2, 0.25) is 0 Å². The highest BCUT2D eigenvalue weighted by Crippen LogP contribution is 2.04. The molecular weight excluding hydrogens is 378 g/mol. The van der Waals surface area contributed by atoms with Crippen molar-refractivity contribution in [3.8, 4) is 0 Å². The highest BCUT2D eigenvalue weighted by Gasteiger charge is 2.21. The quantitative estimate of drug-likeness (QED) is 0.575. The fraction of sp³-hybridized carbons (Fsp3) is 0.368. The zero-order valence-corrected chi connectivity index (χ0v) is 17.0.